The maximum absolute atomic E-state index is 11.8. The van der Waals surface area contributed by atoms with E-state index in [1.165, 1.54) is 0 Å². The first-order valence-electron chi connectivity index (χ1n) is 4.81. The first kappa shape index (κ1) is 12.3. The molecule has 14 heavy (non-hydrogen) atoms. The third-order valence-electron chi connectivity index (χ3n) is 2.82. The van der Waals surface area contributed by atoms with Gasteiger partial charge in [-0.25, -0.2) is 8.42 Å². The zero-order valence-corrected chi connectivity index (χ0v) is 11.3. The van der Waals surface area contributed by atoms with E-state index in [1.54, 1.807) is 0 Å². The van der Waals surface area contributed by atoms with Crippen LogP contribution in [0, 0.1) is 0 Å². The van der Waals surface area contributed by atoms with E-state index in [0.717, 1.165) is 12.8 Å². The molecule has 0 aromatic heterocycles. The molecule has 0 amide bonds. The lowest BCUT2D eigenvalue weighted by molar-refractivity contribution is 0.592. The molecule has 1 saturated carbocycles. The number of nitrogens with one attached hydrogen (secondary N) is 1. The van der Waals surface area contributed by atoms with Crippen molar-refractivity contribution in [3.05, 3.63) is 0 Å². The molecule has 0 bridgehead atoms. The van der Waals surface area contributed by atoms with Gasteiger partial charge >= 0.3 is 0 Å². The van der Waals surface area contributed by atoms with Gasteiger partial charge in [0.1, 0.15) is 0 Å². The van der Waals surface area contributed by atoms with Crippen molar-refractivity contribution in [2.45, 2.75) is 43.6 Å². The van der Waals surface area contributed by atoms with Gasteiger partial charge in [-0.15, -0.1) is 0 Å². The van der Waals surface area contributed by atoms with Crippen molar-refractivity contribution in [1.29, 1.82) is 0 Å². The molecule has 86 valence electrons. The van der Waals surface area contributed by atoms with Gasteiger partial charge in [0.15, 0.2) is 0 Å². The third kappa shape index (κ3) is 2.64. The van der Waals surface area contributed by atoms with Gasteiger partial charge in [-0.1, -0.05) is 20.8 Å². The van der Waals surface area contributed by atoms with Crippen molar-refractivity contribution in [1.82, 2.24) is 4.13 Å². The zero-order chi connectivity index (χ0) is 11.2. The van der Waals surface area contributed by atoms with Crippen molar-refractivity contribution in [2.24, 2.45) is 0 Å². The van der Waals surface area contributed by atoms with Crippen molar-refractivity contribution >= 4 is 20.2 Å². The maximum atomic E-state index is 11.8. The van der Waals surface area contributed by atoms with Gasteiger partial charge in [-0.3, -0.25) is 0 Å². The van der Waals surface area contributed by atoms with Crippen LogP contribution >= 0.6 is 10.2 Å². The second kappa shape index (κ2) is 3.39. The zero-order valence-electron chi connectivity index (χ0n) is 9.62. The quantitative estimate of drug-likeness (QED) is 0.817. The van der Waals surface area contributed by atoms with Gasteiger partial charge in [0.2, 0.25) is 10.0 Å². The molecular formula is C9H21NO2S2. The van der Waals surface area contributed by atoms with Crippen LogP contribution in [0.2, 0.25) is 0 Å². The molecular weight excluding hydrogens is 218 g/mol. The number of rotatable bonds is 3. The highest BCUT2D eigenvalue weighted by Gasteiger charge is 2.40. The lowest BCUT2D eigenvalue weighted by atomic mass is 10.3. The Morgan fingerprint density at radius 1 is 1.14 bits per heavy atom. The molecule has 0 aliphatic heterocycles. The van der Waals surface area contributed by atoms with Crippen molar-refractivity contribution in [3.63, 3.8) is 0 Å². The Labute approximate surface area is 89.2 Å². The lowest BCUT2D eigenvalue weighted by Crippen LogP contribution is -2.39. The first-order chi connectivity index (χ1) is 6.06. The largest absolute Gasteiger partial charge is 0.222 e. The van der Waals surface area contributed by atoms with E-state index in [1.807, 2.05) is 12.5 Å². The Morgan fingerprint density at radius 3 is 1.86 bits per heavy atom. The minimum absolute atomic E-state index is 0.00889. The second-order valence-corrected chi connectivity index (χ2v) is 11.6. The van der Waals surface area contributed by atoms with E-state index in [0.29, 0.717) is 0 Å². The van der Waals surface area contributed by atoms with E-state index in [-0.39, 0.29) is 10.00 Å². The molecule has 1 fully saturated rings. The Balaban J connectivity index is 2.77. The van der Waals surface area contributed by atoms with Gasteiger partial charge in [0, 0.05) is 4.75 Å². The van der Waals surface area contributed by atoms with E-state index in [2.05, 4.69) is 24.9 Å². The molecule has 3 nitrogen and oxygen atoms in total. The van der Waals surface area contributed by atoms with Crippen LogP contribution in [-0.2, 0) is 10.0 Å². The molecule has 0 aromatic carbocycles. The van der Waals surface area contributed by atoms with Crippen LogP contribution in [0.5, 0.6) is 0 Å². The van der Waals surface area contributed by atoms with Crippen LogP contribution in [-0.4, -0.2) is 30.9 Å². The number of sulfonamides is 1. The Hall–Kier alpha value is 0.260. The molecule has 1 aliphatic rings. The smallest absolute Gasteiger partial charge is 0.211 e. The molecule has 0 aromatic rings. The molecule has 1 aliphatic carbocycles. The van der Waals surface area contributed by atoms with E-state index in [9.17, 15) is 8.42 Å². The van der Waals surface area contributed by atoms with Crippen LogP contribution in [0.1, 0.15) is 33.6 Å². The van der Waals surface area contributed by atoms with Gasteiger partial charge in [0.05, 0.1) is 5.25 Å². The normalized spacial score (nSPS) is 20.9. The summed E-state index contributed by atoms with van der Waals surface area (Å²) in [5.41, 5.74) is 0. The molecule has 0 radical (unpaired) electrons. The van der Waals surface area contributed by atoms with Gasteiger partial charge in [-0.05, 0) is 25.4 Å². The van der Waals surface area contributed by atoms with E-state index < -0.39 is 20.2 Å². The molecule has 5 heteroatoms. The average molecular weight is 239 g/mol. The Kier molecular flexibility index (Phi) is 2.98. The fraction of sp³-hybridized carbons (Fsp3) is 1.00. The summed E-state index contributed by atoms with van der Waals surface area (Å²) in [6.45, 7) is 6.24. The minimum atomic E-state index is -3.04. The average Bonchev–Trinajstić information content (AvgIpc) is 2.59. The molecule has 0 unspecified atom stereocenters. The third-order valence-corrected chi connectivity index (χ3v) is 9.83. The van der Waals surface area contributed by atoms with Crippen LogP contribution in [0.3, 0.4) is 0 Å². The highest BCUT2D eigenvalue weighted by atomic mass is 32.3. The first-order valence-corrected chi connectivity index (χ1v) is 8.81. The van der Waals surface area contributed by atoms with Gasteiger partial charge in [-0.2, -0.15) is 14.3 Å². The standard InChI is InChI=1S/C9H21NO2S2/c1-9(2,3)13(4,5)10-14(11,12)8-6-7-8/h8,10H,6-7H2,1-5H3. The monoisotopic (exact) mass is 239 g/mol. The minimum Gasteiger partial charge on any atom is -0.211 e. The molecule has 0 saturated heterocycles. The fourth-order valence-corrected chi connectivity index (χ4v) is 5.49. The SMILES string of the molecule is CC(C)(C)S(C)(C)NS(=O)(=O)C1CC1. The highest BCUT2D eigenvalue weighted by molar-refractivity contribution is 8.36. The van der Waals surface area contributed by atoms with Crippen molar-refractivity contribution in [3.8, 4) is 0 Å². The van der Waals surface area contributed by atoms with Crippen molar-refractivity contribution in [2.75, 3.05) is 12.5 Å². The predicted octanol–water partition coefficient (Wildman–Crippen LogP) is 1.85. The van der Waals surface area contributed by atoms with Crippen LogP contribution in [0.25, 0.3) is 0 Å². The summed E-state index contributed by atoms with van der Waals surface area (Å²) in [7, 11) is -4.34. The molecule has 1 rings (SSSR count). The van der Waals surface area contributed by atoms with Crippen LogP contribution in [0.4, 0.5) is 0 Å². The second-order valence-electron chi connectivity index (χ2n) is 5.27. The van der Waals surface area contributed by atoms with Gasteiger partial charge in [0.25, 0.3) is 0 Å². The number of hydrogen-bond donors (Lipinski definition) is 1. The van der Waals surface area contributed by atoms with Crippen molar-refractivity contribution < 1.29 is 8.42 Å². The molecule has 0 heterocycles. The van der Waals surface area contributed by atoms with E-state index in [4.69, 9.17) is 0 Å². The Morgan fingerprint density at radius 2 is 1.57 bits per heavy atom. The van der Waals surface area contributed by atoms with Crippen LogP contribution in [0.15, 0.2) is 0 Å². The summed E-state index contributed by atoms with van der Waals surface area (Å²) in [5, 5.41) is -0.114. The summed E-state index contributed by atoms with van der Waals surface area (Å²) < 4.78 is 26.4. The van der Waals surface area contributed by atoms with Gasteiger partial charge < -0.3 is 0 Å². The summed E-state index contributed by atoms with van der Waals surface area (Å²) >= 11 is 0. The van der Waals surface area contributed by atoms with Crippen LogP contribution < -0.4 is 4.13 Å². The highest BCUT2D eigenvalue weighted by Crippen LogP contribution is 2.50. The molecule has 1 N–H and O–H groups in total. The lowest BCUT2D eigenvalue weighted by Gasteiger charge is -2.44. The maximum Gasteiger partial charge on any atom is 0.222 e. The summed E-state index contributed by atoms with van der Waals surface area (Å²) in [4.78, 5) is 0. The summed E-state index contributed by atoms with van der Waals surface area (Å²) in [6.07, 6.45) is 5.70. The molecule has 0 atom stereocenters. The number of hydrogen-bond acceptors (Lipinski definition) is 2. The predicted molar refractivity (Wildman–Crippen MR) is 64.3 cm³/mol. The van der Waals surface area contributed by atoms with E-state index >= 15 is 0 Å². The molecule has 0 spiro atoms. The summed E-state index contributed by atoms with van der Waals surface area (Å²) in [6, 6.07) is 0. The summed E-state index contributed by atoms with van der Waals surface area (Å²) in [5.74, 6) is 0. The Bertz CT molecular complexity index is 310. The topological polar surface area (TPSA) is 46.2 Å². The fourth-order valence-electron chi connectivity index (χ4n) is 0.862.